The number of alkyl halides is 3. The van der Waals surface area contributed by atoms with E-state index >= 15 is 0 Å². The van der Waals surface area contributed by atoms with Crippen molar-refractivity contribution in [1.82, 2.24) is 14.9 Å². The van der Waals surface area contributed by atoms with E-state index in [0.717, 1.165) is 25.5 Å². The highest BCUT2D eigenvalue weighted by Gasteiger charge is 2.44. The van der Waals surface area contributed by atoms with Crippen LogP contribution in [-0.2, 0) is 0 Å². The summed E-state index contributed by atoms with van der Waals surface area (Å²) in [6.07, 6.45) is -2.81. The van der Waals surface area contributed by atoms with Crippen LogP contribution in [0.2, 0.25) is 0 Å². The molecule has 5 nitrogen and oxygen atoms in total. The Labute approximate surface area is 166 Å². The summed E-state index contributed by atoms with van der Waals surface area (Å²) < 4.78 is 75.6. The van der Waals surface area contributed by atoms with Crippen molar-refractivity contribution in [1.29, 1.82) is 0 Å². The standard InChI is InChI=1S/C17H17BrF5N3O2/c1-26(2)6-16(3-4-16)7-28-15-24-13-9(5-10(19)11(18)12(13)20)14(25-15)27-8-17(21,22)23/h5H,3-4,6-8H2,1-2H3. The van der Waals surface area contributed by atoms with E-state index in [2.05, 4.69) is 30.6 Å². The number of ether oxygens (including phenoxy) is 2. The molecule has 0 amide bonds. The van der Waals surface area contributed by atoms with E-state index in [1.807, 2.05) is 19.0 Å². The lowest BCUT2D eigenvalue weighted by molar-refractivity contribution is -0.153. The van der Waals surface area contributed by atoms with Crippen molar-refractivity contribution in [2.24, 2.45) is 5.41 Å². The summed E-state index contributed by atoms with van der Waals surface area (Å²) in [6, 6.07) is 0.485. The number of fused-ring (bicyclic) bond motifs is 1. The van der Waals surface area contributed by atoms with E-state index in [9.17, 15) is 22.0 Å². The van der Waals surface area contributed by atoms with Crippen LogP contribution in [0.4, 0.5) is 22.0 Å². The number of aromatic nitrogens is 2. The number of nitrogens with zero attached hydrogens (tertiary/aromatic N) is 3. The van der Waals surface area contributed by atoms with Gasteiger partial charge in [-0.2, -0.15) is 23.1 Å². The molecule has 154 valence electrons. The van der Waals surface area contributed by atoms with Crippen molar-refractivity contribution in [3.63, 3.8) is 0 Å². The van der Waals surface area contributed by atoms with Crippen molar-refractivity contribution in [2.45, 2.75) is 19.0 Å². The quantitative estimate of drug-likeness (QED) is 0.446. The van der Waals surface area contributed by atoms with Crippen molar-refractivity contribution < 1.29 is 31.4 Å². The lowest BCUT2D eigenvalue weighted by Gasteiger charge is -2.20. The zero-order valence-electron chi connectivity index (χ0n) is 15.0. The minimum atomic E-state index is -4.64. The summed E-state index contributed by atoms with van der Waals surface area (Å²) in [5.41, 5.74) is -0.496. The molecule has 11 heteroatoms. The minimum absolute atomic E-state index is 0.100. The van der Waals surface area contributed by atoms with Crippen LogP contribution in [0, 0.1) is 17.0 Å². The lowest BCUT2D eigenvalue weighted by atomic mass is 10.1. The Morgan fingerprint density at radius 1 is 1.18 bits per heavy atom. The molecular weight excluding hydrogens is 453 g/mol. The summed E-state index contributed by atoms with van der Waals surface area (Å²) in [6.45, 7) is -0.690. The van der Waals surface area contributed by atoms with Crippen LogP contribution in [0.15, 0.2) is 10.5 Å². The Morgan fingerprint density at radius 2 is 1.86 bits per heavy atom. The lowest BCUT2D eigenvalue weighted by Crippen LogP contribution is -2.28. The average Bonchev–Trinajstić information content (AvgIpc) is 3.35. The van der Waals surface area contributed by atoms with Crippen molar-refractivity contribution in [2.75, 3.05) is 33.9 Å². The van der Waals surface area contributed by atoms with Gasteiger partial charge >= 0.3 is 12.2 Å². The molecule has 0 spiro atoms. The first kappa shape index (κ1) is 21.0. The van der Waals surface area contributed by atoms with Gasteiger partial charge in [0.05, 0.1) is 16.5 Å². The molecule has 0 atom stereocenters. The van der Waals surface area contributed by atoms with Crippen molar-refractivity contribution in [3.05, 3.63) is 22.2 Å². The van der Waals surface area contributed by atoms with E-state index in [1.165, 1.54) is 0 Å². The normalized spacial score (nSPS) is 15.9. The van der Waals surface area contributed by atoms with Crippen LogP contribution in [0.5, 0.6) is 11.9 Å². The van der Waals surface area contributed by atoms with Crippen LogP contribution >= 0.6 is 15.9 Å². The molecule has 1 fully saturated rings. The van der Waals surface area contributed by atoms with Gasteiger partial charge in [-0.3, -0.25) is 0 Å². The molecular formula is C17H17BrF5N3O2. The van der Waals surface area contributed by atoms with E-state index in [-0.39, 0.29) is 23.4 Å². The molecule has 2 aromatic rings. The van der Waals surface area contributed by atoms with E-state index in [4.69, 9.17) is 4.74 Å². The molecule has 0 unspecified atom stereocenters. The molecule has 0 bridgehead atoms. The van der Waals surface area contributed by atoms with Gasteiger partial charge in [-0.05, 0) is 48.9 Å². The second kappa shape index (κ2) is 7.58. The van der Waals surface area contributed by atoms with Gasteiger partial charge in [0.15, 0.2) is 12.4 Å². The fourth-order valence-electron chi connectivity index (χ4n) is 2.86. The second-order valence-corrected chi connectivity index (χ2v) is 7.92. The van der Waals surface area contributed by atoms with Gasteiger partial charge in [-0.15, -0.1) is 0 Å². The van der Waals surface area contributed by atoms with Crippen LogP contribution in [-0.4, -0.2) is 54.9 Å². The largest absolute Gasteiger partial charge is 0.467 e. The molecule has 0 saturated heterocycles. The van der Waals surface area contributed by atoms with Crippen LogP contribution < -0.4 is 9.47 Å². The van der Waals surface area contributed by atoms with Gasteiger partial charge in [0.1, 0.15) is 11.3 Å². The molecule has 0 aliphatic heterocycles. The van der Waals surface area contributed by atoms with Crippen molar-refractivity contribution in [3.8, 4) is 11.9 Å². The number of hydrogen-bond acceptors (Lipinski definition) is 5. The minimum Gasteiger partial charge on any atom is -0.467 e. The predicted molar refractivity (Wildman–Crippen MR) is 94.4 cm³/mol. The third-order valence-electron chi connectivity index (χ3n) is 4.26. The number of hydrogen-bond donors (Lipinski definition) is 0. The average molecular weight is 470 g/mol. The Balaban J connectivity index is 1.94. The molecule has 0 N–H and O–H groups in total. The second-order valence-electron chi connectivity index (χ2n) is 7.12. The predicted octanol–water partition coefficient (Wildman–Crippen LogP) is 4.33. The molecule has 1 saturated carbocycles. The van der Waals surface area contributed by atoms with Gasteiger partial charge in [-0.25, -0.2) is 8.78 Å². The Morgan fingerprint density at radius 3 is 2.43 bits per heavy atom. The van der Waals surface area contributed by atoms with Crippen LogP contribution in [0.3, 0.4) is 0 Å². The highest BCUT2D eigenvalue weighted by Crippen LogP contribution is 2.46. The molecule has 1 heterocycles. The third-order valence-corrected chi connectivity index (χ3v) is 4.99. The van der Waals surface area contributed by atoms with E-state index in [0.29, 0.717) is 0 Å². The fraction of sp³-hybridized carbons (Fsp3) is 0.529. The number of halogens is 6. The van der Waals surface area contributed by atoms with Gasteiger partial charge in [0.25, 0.3) is 0 Å². The number of benzene rings is 1. The Bertz CT molecular complexity index is 887. The maximum Gasteiger partial charge on any atom is 0.422 e. The fourth-order valence-corrected chi connectivity index (χ4v) is 3.17. The first-order valence-corrected chi connectivity index (χ1v) is 9.11. The molecule has 1 aromatic heterocycles. The maximum atomic E-state index is 14.4. The van der Waals surface area contributed by atoms with Gasteiger partial charge in [0, 0.05) is 12.0 Å². The molecule has 3 rings (SSSR count). The van der Waals surface area contributed by atoms with Gasteiger partial charge in [-0.1, -0.05) is 0 Å². The smallest absolute Gasteiger partial charge is 0.422 e. The zero-order chi connectivity index (χ0) is 20.7. The summed E-state index contributed by atoms with van der Waals surface area (Å²) in [5, 5.41) is -0.316. The summed E-state index contributed by atoms with van der Waals surface area (Å²) in [5.74, 6) is -2.68. The van der Waals surface area contributed by atoms with Crippen LogP contribution in [0.1, 0.15) is 12.8 Å². The maximum absolute atomic E-state index is 14.4. The van der Waals surface area contributed by atoms with Crippen molar-refractivity contribution >= 4 is 26.8 Å². The molecule has 1 aliphatic carbocycles. The van der Waals surface area contributed by atoms with Crippen LogP contribution in [0.25, 0.3) is 10.9 Å². The highest BCUT2D eigenvalue weighted by atomic mass is 79.9. The molecule has 0 radical (unpaired) electrons. The summed E-state index contributed by atoms with van der Waals surface area (Å²) in [4.78, 5) is 9.72. The summed E-state index contributed by atoms with van der Waals surface area (Å²) >= 11 is 2.75. The highest BCUT2D eigenvalue weighted by molar-refractivity contribution is 9.10. The monoisotopic (exact) mass is 469 g/mol. The van der Waals surface area contributed by atoms with E-state index in [1.54, 1.807) is 0 Å². The SMILES string of the molecule is CN(C)CC1(COc2nc(OCC(F)(F)F)c3cc(F)c(Br)c(F)c3n2)CC1. The Hall–Kier alpha value is -1.75. The first-order chi connectivity index (χ1) is 13.0. The number of rotatable bonds is 7. The first-order valence-electron chi connectivity index (χ1n) is 8.32. The zero-order valence-corrected chi connectivity index (χ0v) is 16.6. The summed E-state index contributed by atoms with van der Waals surface area (Å²) in [7, 11) is 3.83. The van der Waals surface area contributed by atoms with E-state index < -0.39 is 40.3 Å². The Kier molecular flexibility index (Phi) is 5.68. The molecule has 1 aromatic carbocycles. The third kappa shape index (κ3) is 4.80. The van der Waals surface area contributed by atoms with Gasteiger partial charge in [0.2, 0.25) is 5.88 Å². The molecule has 1 aliphatic rings. The topological polar surface area (TPSA) is 47.5 Å². The molecule has 28 heavy (non-hydrogen) atoms. The van der Waals surface area contributed by atoms with Gasteiger partial charge < -0.3 is 14.4 Å².